The second-order valence-electron chi connectivity index (χ2n) is 17.6. The van der Waals surface area contributed by atoms with Crippen molar-refractivity contribution in [3.05, 3.63) is 48.6 Å². The van der Waals surface area contributed by atoms with Gasteiger partial charge in [-0.3, -0.25) is 14.1 Å². The molecule has 2 unspecified atom stereocenters. The van der Waals surface area contributed by atoms with E-state index in [0.717, 1.165) is 57.8 Å². The zero-order valence-electron chi connectivity index (χ0n) is 39.9. The Morgan fingerprint density at radius 1 is 0.547 bits per heavy atom. The predicted molar refractivity (Wildman–Crippen MR) is 256 cm³/mol. The maximum atomic E-state index is 12.8. The molecule has 0 spiro atoms. The molecule has 0 saturated carbocycles. The van der Waals surface area contributed by atoms with Crippen LogP contribution in [0.2, 0.25) is 0 Å². The number of allylic oxidation sites excluding steroid dienone is 8. The van der Waals surface area contributed by atoms with Crippen molar-refractivity contribution >= 4 is 22.1 Å². The second-order valence-corrected chi connectivity index (χ2v) is 19.1. The zero-order valence-corrected chi connectivity index (χ0v) is 40.7. The predicted octanol–water partition coefficient (Wildman–Crippen LogP) is 11.1. The average molecular weight is 927 g/mol. The molecule has 0 aromatic rings. The maximum Gasteiger partial charge on any atom is 0.306 e. The fourth-order valence-corrected chi connectivity index (χ4v) is 8.32. The summed E-state index contributed by atoms with van der Waals surface area (Å²) in [5.74, 6) is -2.01. The van der Waals surface area contributed by atoms with Crippen molar-refractivity contribution in [1.29, 1.82) is 0 Å². The van der Waals surface area contributed by atoms with E-state index in [-0.39, 0.29) is 19.4 Å². The number of carbonyl (C=O) groups is 2. The largest absolute Gasteiger partial charge is 0.462 e. The first-order valence-electron chi connectivity index (χ1n) is 25.2. The van der Waals surface area contributed by atoms with Gasteiger partial charge in [-0.05, 0) is 32.1 Å². The molecule has 0 bridgehead atoms. The van der Waals surface area contributed by atoms with E-state index in [9.17, 15) is 37.9 Å². The van der Waals surface area contributed by atoms with E-state index in [0.29, 0.717) is 12.8 Å². The number of aliphatic hydroxyl groups is 3. The summed E-state index contributed by atoms with van der Waals surface area (Å²) in [6, 6.07) is 0. The van der Waals surface area contributed by atoms with Gasteiger partial charge < -0.3 is 34.3 Å². The van der Waals surface area contributed by atoms with Crippen molar-refractivity contribution in [3.63, 3.8) is 0 Å². The summed E-state index contributed by atoms with van der Waals surface area (Å²) in [7, 11) is -4.61. The summed E-state index contributed by atoms with van der Waals surface area (Å²) in [5.41, 5.74) is 0. The number of hydrogen-bond donors (Lipinski definition) is 4. The van der Waals surface area contributed by atoms with Gasteiger partial charge in [0.05, 0.1) is 6.61 Å². The SMILES string of the molecule is CC/C=C/C=C/C=C/C=C/CCCCCCCC(=O)O[C@H](COC(=O)CCCCCCCCCCCCCCCCCCCCCCC)CO[C@H]1O[C@H](CS(=O)(=O)O)[C@@H](O)C(O)C1O. The van der Waals surface area contributed by atoms with Crippen LogP contribution in [0.15, 0.2) is 48.6 Å². The average Bonchev–Trinajstić information content (AvgIpc) is 3.26. The van der Waals surface area contributed by atoms with E-state index >= 15 is 0 Å². The Hall–Kier alpha value is -2.39. The van der Waals surface area contributed by atoms with Crippen molar-refractivity contribution in [1.82, 2.24) is 0 Å². The number of esters is 2. The van der Waals surface area contributed by atoms with Crippen molar-refractivity contribution < 1.29 is 56.8 Å². The molecule has 1 saturated heterocycles. The number of rotatable bonds is 42. The molecule has 1 rings (SSSR count). The lowest BCUT2D eigenvalue weighted by molar-refractivity contribution is -0.297. The van der Waals surface area contributed by atoms with Crippen LogP contribution in [0.4, 0.5) is 0 Å². The summed E-state index contributed by atoms with van der Waals surface area (Å²) in [4.78, 5) is 25.5. The van der Waals surface area contributed by atoms with Crippen molar-refractivity contribution in [2.45, 2.75) is 243 Å². The van der Waals surface area contributed by atoms with E-state index in [2.05, 4.69) is 26.0 Å². The molecule has 0 aromatic heterocycles. The molecule has 1 aliphatic rings. The van der Waals surface area contributed by atoms with Gasteiger partial charge in [-0.25, -0.2) is 0 Å². The highest BCUT2D eigenvalue weighted by molar-refractivity contribution is 7.85. The molecule has 372 valence electrons. The topological polar surface area (TPSA) is 186 Å². The molecule has 4 N–H and O–H groups in total. The highest BCUT2D eigenvalue weighted by Gasteiger charge is 2.46. The van der Waals surface area contributed by atoms with Gasteiger partial charge in [0, 0.05) is 12.8 Å². The maximum absolute atomic E-state index is 12.8. The van der Waals surface area contributed by atoms with Crippen LogP contribution >= 0.6 is 0 Å². The lowest BCUT2D eigenvalue weighted by Crippen LogP contribution is -2.60. The monoisotopic (exact) mass is 927 g/mol. The standard InChI is InChI=1S/C51H90O12S/c1-3-5-7-9-11-13-15-17-19-20-21-22-23-24-26-27-29-31-33-35-37-39-46(52)60-41-44(42-61-51-50(56)49(55)48(54)45(63-51)43-64(57,58)59)62-47(53)40-38-36-34-32-30-28-25-18-16-14-12-10-8-6-4-2/h6,8,10,12,14,16,18,25,44-45,48-51,54-56H,3-5,7,9,11,13,15,17,19-24,26-43H2,1-2H3,(H,57,58,59)/b8-6+,12-10+,16-14+,25-18+/t44-,45-,48-,49?,50?,51+/m1/s1. The van der Waals surface area contributed by atoms with E-state index in [1.54, 1.807) is 0 Å². The fourth-order valence-electron chi connectivity index (χ4n) is 7.63. The third-order valence-electron chi connectivity index (χ3n) is 11.5. The highest BCUT2D eigenvalue weighted by atomic mass is 32.2. The molecule has 1 heterocycles. The number of ether oxygens (including phenoxy) is 4. The summed E-state index contributed by atoms with van der Waals surface area (Å²) in [6.07, 6.45) is 40.1. The van der Waals surface area contributed by atoms with Crippen LogP contribution in [0.1, 0.15) is 206 Å². The lowest BCUT2D eigenvalue weighted by Gasteiger charge is -2.40. The van der Waals surface area contributed by atoms with Gasteiger partial charge in [0.2, 0.25) is 0 Å². The van der Waals surface area contributed by atoms with E-state index < -0.39 is 71.2 Å². The van der Waals surface area contributed by atoms with Gasteiger partial charge in [0.25, 0.3) is 10.1 Å². The molecule has 0 aliphatic carbocycles. The molecule has 0 radical (unpaired) electrons. The number of carbonyl (C=O) groups excluding carboxylic acids is 2. The Balaban J connectivity index is 2.37. The van der Waals surface area contributed by atoms with E-state index in [1.807, 2.05) is 36.5 Å². The highest BCUT2D eigenvalue weighted by Crippen LogP contribution is 2.24. The molecular weight excluding hydrogens is 837 g/mol. The molecule has 12 nitrogen and oxygen atoms in total. The Kier molecular flexibility index (Phi) is 38.1. The van der Waals surface area contributed by atoms with E-state index in [4.69, 9.17) is 18.9 Å². The van der Waals surface area contributed by atoms with Crippen LogP contribution < -0.4 is 0 Å². The third-order valence-corrected chi connectivity index (χ3v) is 12.3. The van der Waals surface area contributed by atoms with Crippen molar-refractivity contribution in [3.8, 4) is 0 Å². The van der Waals surface area contributed by atoms with Crippen LogP contribution in [-0.4, -0.2) is 96.0 Å². The molecule has 0 amide bonds. The molecule has 13 heteroatoms. The first-order chi connectivity index (χ1) is 31.0. The molecule has 0 aromatic carbocycles. The van der Waals surface area contributed by atoms with Crippen molar-refractivity contribution in [2.75, 3.05) is 19.0 Å². The second kappa shape index (κ2) is 40.8. The van der Waals surface area contributed by atoms with Gasteiger partial charge in [0.1, 0.15) is 36.8 Å². The van der Waals surface area contributed by atoms with Gasteiger partial charge in [-0.1, -0.05) is 210 Å². The Bertz CT molecular complexity index is 1360. The minimum Gasteiger partial charge on any atom is -0.462 e. The molecule has 1 aliphatic heterocycles. The fraction of sp³-hybridized carbons (Fsp3) is 0.804. The first kappa shape index (κ1) is 59.6. The van der Waals surface area contributed by atoms with Crippen LogP contribution in [0.3, 0.4) is 0 Å². The van der Waals surface area contributed by atoms with Gasteiger partial charge >= 0.3 is 11.9 Å². The van der Waals surface area contributed by atoms with E-state index in [1.165, 1.54) is 109 Å². The summed E-state index contributed by atoms with van der Waals surface area (Å²) in [5, 5.41) is 30.9. The van der Waals surface area contributed by atoms with Crippen molar-refractivity contribution in [2.24, 2.45) is 0 Å². The minimum absolute atomic E-state index is 0.138. The number of hydrogen-bond acceptors (Lipinski definition) is 11. The zero-order chi connectivity index (χ0) is 46.9. The first-order valence-corrected chi connectivity index (χ1v) is 26.9. The van der Waals surface area contributed by atoms with Crippen LogP contribution in [0.5, 0.6) is 0 Å². The normalized spacial score (nSPS) is 20.0. The summed E-state index contributed by atoms with van der Waals surface area (Å²) < 4.78 is 54.2. The van der Waals surface area contributed by atoms with Gasteiger partial charge in [0.15, 0.2) is 12.4 Å². The Morgan fingerprint density at radius 3 is 1.47 bits per heavy atom. The Labute approximate surface area is 388 Å². The smallest absolute Gasteiger partial charge is 0.306 e. The van der Waals surface area contributed by atoms with Gasteiger partial charge in [-0.15, -0.1) is 0 Å². The van der Waals surface area contributed by atoms with Crippen LogP contribution in [0, 0.1) is 0 Å². The molecule has 6 atom stereocenters. The number of aliphatic hydroxyl groups excluding tert-OH is 3. The molecule has 64 heavy (non-hydrogen) atoms. The molecular formula is C51H90O12S. The summed E-state index contributed by atoms with van der Waals surface area (Å²) >= 11 is 0. The minimum atomic E-state index is -4.61. The summed E-state index contributed by atoms with van der Waals surface area (Å²) in [6.45, 7) is 3.63. The van der Waals surface area contributed by atoms with Crippen LogP contribution in [0.25, 0.3) is 0 Å². The quantitative estimate of drug-likeness (QED) is 0.0197. The number of unbranched alkanes of at least 4 members (excludes halogenated alkanes) is 25. The Morgan fingerprint density at radius 2 is 0.984 bits per heavy atom. The van der Waals surface area contributed by atoms with Crippen LogP contribution in [-0.2, 0) is 38.7 Å². The third kappa shape index (κ3) is 34.9. The van der Waals surface area contributed by atoms with Gasteiger partial charge in [-0.2, -0.15) is 8.42 Å². The molecule has 1 fully saturated rings. The lowest BCUT2D eigenvalue weighted by atomic mass is 10.00.